The molecule has 2 N–H and O–H groups in total. The molecular weight excluding hydrogens is 418 g/mol. The van der Waals surface area contributed by atoms with Gasteiger partial charge in [-0.1, -0.05) is 19.8 Å². The van der Waals surface area contributed by atoms with Crippen LogP contribution in [0.1, 0.15) is 56.3 Å². The lowest BCUT2D eigenvalue weighted by Crippen LogP contribution is -2.48. The molecule has 4 heterocycles. The van der Waals surface area contributed by atoms with Crippen LogP contribution < -0.4 is 5.73 Å². The monoisotopic (exact) mass is 455 g/mol. The Morgan fingerprint density at radius 1 is 1.21 bits per heavy atom. The summed E-state index contributed by atoms with van der Waals surface area (Å²) in [5.74, 6) is -0.207. The van der Waals surface area contributed by atoms with Crippen LogP contribution >= 0.6 is 0 Å². The lowest BCUT2D eigenvalue weighted by atomic mass is 9.86. The number of piperidine rings is 1. The molecule has 0 aliphatic carbocycles. The van der Waals surface area contributed by atoms with Crippen LogP contribution in [0.25, 0.3) is 5.95 Å². The molecular formula is C24H37N7O2. The number of ether oxygens (including phenoxy) is 1. The van der Waals surface area contributed by atoms with Crippen molar-refractivity contribution in [1.29, 1.82) is 0 Å². The molecule has 0 aromatic carbocycles. The fourth-order valence-electron chi connectivity index (χ4n) is 5.07. The van der Waals surface area contributed by atoms with Crippen molar-refractivity contribution in [3.8, 4) is 5.95 Å². The van der Waals surface area contributed by atoms with E-state index in [4.69, 9.17) is 20.4 Å². The Morgan fingerprint density at radius 2 is 2.06 bits per heavy atom. The van der Waals surface area contributed by atoms with Gasteiger partial charge in [0.25, 0.3) is 0 Å². The first kappa shape index (κ1) is 23.8. The second-order valence-corrected chi connectivity index (χ2v) is 9.09. The van der Waals surface area contributed by atoms with Gasteiger partial charge in [-0.2, -0.15) is 0 Å². The molecule has 2 aliphatic rings. The maximum Gasteiger partial charge on any atom is 0.235 e. The number of morpholine rings is 1. The number of likely N-dealkylation sites (tertiary alicyclic amines) is 1. The number of hydrogen-bond donors (Lipinski definition) is 1. The van der Waals surface area contributed by atoms with Crippen LogP contribution in [-0.2, 0) is 16.0 Å². The minimum absolute atomic E-state index is 0.0703. The van der Waals surface area contributed by atoms with E-state index in [-0.39, 0.29) is 11.9 Å². The molecule has 2 fully saturated rings. The summed E-state index contributed by atoms with van der Waals surface area (Å²) in [4.78, 5) is 31.4. The highest BCUT2D eigenvalue weighted by Gasteiger charge is 2.36. The number of hydrogen-bond acceptors (Lipinski definition) is 7. The van der Waals surface area contributed by atoms with Crippen molar-refractivity contribution >= 4 is 5.91 Å². The molecule has 2 aromatic rings. The van der Waals surface area contributed by atoms with Crippen LogP contribution in [-0.4, -0.2) is 87.2 Å². The summed E-state index contributed by atoms with van der Waals surface area (Å²) in [5.41, 5.74) is 7.70. The lowest BCUT2D eigenvalue weighted by molar-refractivity contribution is -0.121. The summed E-state index contributed by atoms with van der Waals surface area (Å²) in [6.07, 6.45) is 11.3. The molecule has 2 aromatic heterocycles. The number of carbonyl (C=O) groups excluding carboxylic acids is 1. The number of carbonyl (C=O) groups is 1. The minimum atomic E-state index is -0.449. The van der Waals surface area contributed by atoms with Gasteiger partial charge in [-0.3, -0.25) is 19.2 Å². The standard InChI is InChI=1S/C24H37N7O2/c1-2-6-19-17-20(28-24(27-19)31-12-8-26-18-31)22(23(25)32)21-7-3-4-10-30(21)11-5-9-29-13-15-33-16-14-29/h8,12,17-18,21-22H,2-7,9-11,13-16H2,1H3,(H2,25,32). The van der Waals surface area contributed by atoms with Crippen LogP contribution in [0.4, 0.5) is 0 Å². The molecule has 0 spiro atoms. The van der Waals surface area contributed by atoms with E-state index in [1.54, 1.807) is 17.1 Å². The predicted molar refractivity (Wildman–Crippen MR) is 126 cm³/mol. The second kappa shape index (κ2) is 11.7. The van der Waals surface area contributed by atoms with Crippen LogP contribution in [0.5, 0.6) is 0 Å². The molecule has 2 aliphatic heterocycles. The number of rotatable bonds is 10. The van der Waals surface area contributed by atoms with Gasteiger partial charge < -0.3 is 10.5 Å². The predicted octanol–water partition coefficient (Wildman–Crippen LogP) is 1.76. The van der Waals surface area contributed by atoms with Crippen molar-refractivity contribution in [2.45, 2.75) is 57.4 Å². The highest BCUT2D eigenvalue weighted by Crippen LogP contribution is 2.30. The van der Waals surface area contributed by atoms with Crippen molar-refractivity contribution in [1.82, 2.24) is 29.3 Å². The van der Waals surface area contributed by atoms with Crippen molar-refractivity contribution < 1.29 is 9.53 Å². The molecule has 180 valence electrons. The van der Waals surface area contributed by atoms with Gasteiger partial charge in [0, 0.05) is 37.2 Å². The molecule has 0 radical (unpaired) electrons. The van der Waals surface area contributed by atoms with E-state index in [9.17, 15) is 4.79 Å². The van der Waals surface area contributed by atoms with E-state index in [0.29, 0.717) is 5.95 Å². The Kier molecular flexibility index (Phi) is 8.41. The SMILES string of the molecule is CCCc1cc(C(C(N)=O)C2CCCCN2CCCN2CCOCC2)nc(-n2ccnc2)n1. The van der Waals surface area contributed by atoms with Crippen LogP contribution in [0, 0.1) is 0 Å². The molecule has 2 atom stereocenters. The zero-order valence-electron chi connectivity index (χ0n) is 19.7. The average molecular weight is 456 g/mol. The second-order valence-electron chi connectivity index (χ2n) is 9.09. The summed E-state index contributed by atoms with van der Waals surface area (Å²) in [6.45, 7) is 8.81. The van der Waals surface area contributed by atoms with E-state index < -0.39 is 5.92 Å². The number of amides is 1. The number of primary amides is 1. The Morgan fingerprint density at radius 3 is 2.79 bits per heavy atom. The molecule has 4 rings (SSSR count). The molecule has 33 heavy (non-hydrogen) atoms. The lowest BCUT2D eigenvalue weighted by Gasteiger charge is -2.39. The van der Waals surface area contributed by atoms with Gasteiger partial charge >= 0.3 is 0 Å². The van der Waals surface area contributed by atoms with Crippen molar-refractivity contribution in [2.24, 2.45) is 5.73 Å². The van der Waals surface area contributed by atoms with Gasteiger partial charge in [0.2, 0.25) is 11.9 Å². The topological polar surface area (TPSA) is 102 Å². The van der Waals surface area contributed by atoms with E-state index >= 15 is 0 Å². The van der Waals surface area contributed by atoms with Crippen LogP contribution in [0.3, 0.4) is 0 Å². The first-order chi connectivity index (χ1) is 16.2. The number of aromatic nitrogens is 4. The Bertz CT molecular complexity index is 883. The van der Waals surface area contributed by atoms with Crippen molar-refractivity contribution in [2.75, 3.05) is 45.9 Å². The minimum Gasteiger partial charge on any atom is -0.379 e. The summed E-state index contributed by atoms with van der Waals surface area (Å²) in [5, 5.41) is 0. The highest BCUT2D eigenvalue weighted by molar-refractivity contribution is 5.82. The molecule has 2 unspecified atom stereocenters. The average Bonchev–Trinajstić information content (AvgIpc) is 3.36. The van der Waals surface area contributed by atoms with Crippen molar-refractivity contribution in [3.63, 3.8) is 0 Å². The maximum atomic E-state index is 12.8. The largest absolute Gasteiger partial charge is 0.379 e. The zero-order chi connectivity index (χ0) is 23.0. The maximum absolute atomic E-state index is 12.8. The van der Waals surface area contributed by atoms with Gasteiger partial charge in [-0.25, -0.2) is 15.0 Å². The fraction of sp³-hybridized carbons (Fsp3) is 0.667. The summed E-state index contributed by atoms with van der Waals surface area (Å²) in [7, 11) is 0. The number of aryl methyl sites for hydroxylation is 1. The molecule has 2 saturated heterocycles. The van der Waals surface area contributed by atoms with Crippen molar-refractivity contribution in [3.05, 3.63) is 36.2 Å². The third kappa shape index (κ3) is 6.16. The number of nitrogens with two attached hydrogens (primary N) is 1. The third-order valence-corrected chi connectivity index (χ3v) is 6.73. The van der Waals surface area contributed by atoms with Gasteiger partial charge in [0.15, 0.2) is 0 Å². The first-order valence-corrected chi connectivity index (χ1v) is 12.4. The van der Waals surface area contributed by atoms with Crippen LogP contribution in [0.2, 0.25) is 0 Å². The highest BCUT2D eigenvalue weighted by atomic mass is 16.5. The quantitative estimate of drug-likeness (QED) is 0.582. The molecule has 9 nitrogen and oxygen atoms in total. The Hall–Kier alpha value is -2.36. The smallest absolute Gasteiger partial charge is 0.235 e. The van der Waals surface area contributed by atoms with Gasteiger partial charge in [0.05, 0.1) is 24.8 Å². The normalized spacial score (nSPS) is 21.2. The molecule has 1 amide bonds. The third-order valence-electron chi connectivity index (χ3n) is 6.73. The van der Waals surface area contributed by atoms with Gasteiger partial charge in [-0.05, 0) is 51.4 Å². The molecule has 9 heteroatoms. The summed E-state index contributed by atoms with van der Waals surface area (Å²) >= 11 is 0. The Balaban J connectivity index is 1.54. The van der Waals surface area contributed by atoms with E-state index in [1.165, 1.54) is 0 Å². The van der Waals surface area contributed by atoms with Crippen LogP contribution in [0.15, 0.2) is 24.8 Å². The van der Waals surface area contributed by atoms with E-state index in [2.05, 4.69) is 21.7 Å². The summed E-state index contributed by atoms with van der Waals surface area (Å²) in [6, 6.07) is 2.06. The first-order valence-electron chi connectivity index (χ1n) is 12.4. The van der Waals surface area contributed by atoms with E-state index in [1.807, 2.05) is 12.3 Å². The molecule has 0 bridgehead atoms. The fourth-order valence-corrected chi connectivity index (χ4v) is 5.07. The number of nitrogens with zero attached hydrogens (tertiary/aromatic N) is 6. The van der Waals surface area contributed by atoms with Gasteiger partial charge in [-0.15, -0.1) is 0 Å². The zero-order valence-corrected chi connectivity index (χ0v) is 19.7. The molecule has 0 saturated carbocycles. The number of imidazole rings is 1. The van der Waals surface area contributed by atoms with E-state index in [0.717, 1.165) is 95.9 Å². The summed E-state index contributed by atoms with van der Waals surface area (Å²) < 4.78 is 7.26. The Labute approximate surface area is 196 Å². The van der Waals surface area contributed by atoms with Gasteiger partial charge in [0.1, 0.15) is 6.33 Å².